The number of anilines is 1. The van der Waals surface area contributed by atoms with Gasteiger partial charge >= 0.3 is 0 Å². The monoisotopic (exact) mass is 308 g/mol. The minimum absolute atomic E-state index is 0.367. The molecule has 0 aromatic heterocycles. The highest BCUT2D eigenvalue weighted by Crippen LogP contribution is 2.41. The Morgan fingerprint density at radius 2 is 1.78 bits per heavy atom. The van der Waals surface area contributed by atoms with Crippen LogP contribution in [0.4, 0.5) is 5.69 Å². The number of fused-ring (bicyclic) bond motifs is 2. The molecule has 23 heavy (non-hydrogen) atoms. The van der Waals surface area contributed by atoms with Crippen LogP contribution in [-0.4, -0.2) is 36.5 Å². The van der Waals surface area contributed by atoms with Crippen LogP contribution in [-0.2, 0) is 4.79 Å². The summed E-state index contributed by atoms with van der Waals surface area (Å²) < 4.78 is 0. The van der Waals surface area contributed by atoms with Gasteiger partial charge in [0, 0.05) is 17.5 Å². The second-order valence-electron chi connectivity index (χ2n) is 6.97. The molecule has 0 aliphatic carbocycles. The SMILES string of the molecule is O=CN(CCC12CCCN1CCC2)c1cccc2ccccc12. The number of carbonyl (C=O) groups is 1. The van der Waals surface area contributed by atoms with Crippen molar-refractivity contribution in [1.29, 1.82) is 0 Å². The predicted molar refractivity (Wildman–Crippen MR) is 94.7 cm³/mol. The summed E-state index contributed by atoms with van der Waals surface area (Å²) >= 11 is 0. The standard InChI is InChI=1S/C20H24N2O/c23-16-21(15-12-20-10-4-13-22(20)14-5-11-20)19-9-3-7-17-6-1-2-8-18(17)19/h1-3,6-9,16H,4-5,10-15H2. The number of hydrogen-bond acceptors (Lipinski definition) is 2. The van der Waals surface area contributed by atoms with Crippen LogP contribution < -0.4 is 4.90 Å². The highest BCUT2D eigenvalue weighted by Gasteiger charge is 2.43. The van der Waals surface area contributed by atoms with Gasteiger partial charge in [0.1, 0.15) is 0 Å². The molecule has 2 aliphatic rings. The zero-order valence-electron chi connectivity index (χ0n) is 13.6. The van der Waals surface area contributed by atoms with Gasteiger partial charge in [0.2, 0.25) is 6.41 Å². The van der Waals surface area contributed by atoms with Crippen molar-refractivity contribution in [1.82, 2.24) is 4.90 Å². The van der Waals surface area contributed by atoms with Crippen LogP contribution >= 0.6 is 0 Å². The molecule has 0 saturated carbocycles. The van der Waals surface area contributed by atoms with Crippen LogP contribution in [0.3, 0.4) is 0 Å². The lowest BCUT2D eigenvalue weighted by Gasteiger charge is -2.34. The first-order valence-electron chi connectivity index (χ1n) is 8.77. The Morgan fingerprint density at radius 3 is 2.57 bits per heavy atom. The minimum atomic E-state index is 0.367. The largest absolute Gasteiger partial charge is 0.314 e. The second-order valence-corrected chi connectivity index (χ2v) is 6.97. The maximum Gasteiger partial charge on any atom is 0.214 e. The van der Waals surface area contributed by atoms with Crippen LogP contribution in [0.5, 0.6) is 0 Å². The van der Waals surface area contributed by atoms with Crippen molar-refractivity contribution in [2.24, 2.45) is 0 Å². The van der Waals surface area contributed by atoms with Crippen LogP contribution in [0.1, 0.15) is 32.1 Å². The first-order valence-corrected chi connectivity index (χ1v) is 8.77. The summed E-state index contributed by atoms with van der Waals surface area (Å²) in [6.07, 6.45) is 7.33. The Labute approximate surface area is 137 Å². The van der Waals surface area contributed by atoms with Crippen molar-refractivity contribution in [3.63, 3.8) is 0 Å². The summed E-state index contributed by atoms with van der Waals surface area (Å²) in [6, 6.07) is 14.5. The first-order chi connectivity index (χ1) is 11.3. The molecule has 0 radical (unpaired) electrons. The lowest BCUT2D eigenvalue weighted by molar-refractivity contribution is -0.107. The van der Waals surface area contributed by atoms with Gasteiger partial charge in [-0.15, -0.1) is 0 Å². The van der Waals surface area contributed by atoms with Gasteiger partial charge in [0.25, 0.3) is 0 Å². The van der Waals surface area contributed by atoms with E-state index >= 15 is 0 Å². The van der Waals surface area contributed by atoms with E-state index < -0.39 is 0 Å². The van der Waals surface area contributed by atoms with Gasteiger partial charge in [0.15, 0.2) is 0 Å². The second kappa shape index (κ2) is 5.97. The van der Waals surface area contributed by atoms with Gasteiger partial charge in [-0.25, -0.2) is 0 Å². The molecular formula is C20H24N2O. The molecule has 0 bridgehead atoms. The van der Waals surface area contributed by atoms with Gasteiger partial charge in [-0.05, 0) is 56.6 Å². The van der Waals surface area contributed by atoms with Crippen molar-refractivity contribution in [2.75, 3.05) is 24.5 Å². The molecule has 2 aromatic carbocycles. The number of carbonyl (C=O) groups excluding carboxylic acids is 1. The van der Waals surface area contributed by atoms with Crippen molar-refractivity contribution >= 4 is 22.9 Å². The highest BCUT2D eigenvalue weighted by molar-refractivity contribution is 5.98. The summed E-state index contributed by atoms with van der Waals surface area (Å²) in [7, 11) is 0. The molecule has 2 fully saturated rings. The summed E-state index contributed by atoms with van der Waals surface area (Å²) in [5.74, 6) is 0. The van der Waals surface area contributed by atoms with Gasteiger partial charge in [-0.3, -0.25) is 9.69 Å². The van der Waals surface area contributed by atoms with E-state index in [2.05, 4.69) is 29.2 Å². The number of benzene rings is 2. The Morgan fingerprint density at radius 1 is 1.04 bits per heavy atom. The van der Waals surface area contributed by atoms with Crippen molar-refractivity contribution in [3.05, 3.63) is 42.5 Å². The summed E-state index contributed by atoms with van der Waals surface area (Å²) in [4.78, 5) is 16.3. The molecule has 120 valence electrons. The number of amides is 1. The van der Waals surface area contributed by atoms with E-state index in [0.717, 1.165) is 30.4 Å². The fraction of sp³-hybridized carbons (Fsp3) is 0.450. The normalized spacial score (nSPS) is 19.8. The maximum absolute atomic E-state index is 11.8. The number of rotatable bonds is 5. The fourth-order valence-corrected chi connectivity index (χ4v) is 4.65. The maximum atomic E-state index is 11.8. The summed E-state index contributed by atoms with van der Waals surface area (Å²) in [5, 5.41) is 2.35. The third-order valence-corrected chi connectivity index (χ3v) is 5.83. The van der Waals surface area contributed by atoms with Crippen LogP contribution in [0.2, 0.25) is 0 Å². The molecule has 2 heterocycles. The molecule has 0 N–H and O–H groups in total. The van der Waals surface area contributed by atoms with Crippen molar-refractivity contribution < 1.29 is 4.79 Å². The zero-order chi connectivity index (χ0) is 15.7. The zero-order valence-corrected chi connectivity index (χ0v) is 13.6. The molecule has 0 spiro atoms. The van der Waals surface area contributed by atoms with Crippen LogP contribution in [0.25, 0.3) is 10.8 Å². The van der Waals surface area contributed by atoms with E-state index in [1.807, 2.05) is 23.1 Å². The molecular weight excluding hydrogens is 284 g/mol. The van der Waals surface area contributed by atoms with Gasteiger partial charge in [-0.1, -0.05) is 36.4 Å². The molecule has 0 atom stereocenters. The number of nitrogens with zero attached hydrogens (tertiary/aromatic N) is 2. The van der Waals surface area contributed by atoms with E-state index in [0.29, 0.717) is 5.54 Å². The van der Waals surface area contributed by atoms with Crippen molar-refractivity contribution in [3.8, 4) is 0 Å². The van der Waals surface area contributed by atoms with Crippen LogP contribution in [0.15, 0.2) is 42.5 Å². The van der Waals surface area contributed by atoms with Crippen LogP contribution in [0, 0.1) is 0 Å². The van der Waals surface area contributed by atoms with Crippen molar-refractivity contribution in [2.45, 2.75) is 37.6 Å². The molecule has 3 nitrogen and oxygen atoms in total. The van der Waals surface area contributed by atoms with Gasteiger partial charge in [0.05, 0.1) is 5.69 Å². The summed E-state index contributed by atoms with van der Waals surface area (Å²) in [6.45, 7) is 3.30. The van der Waals surface area contributed by atoms with E-state index in [1.54, 1.807) is 0 Å². The molecule has 3 heteroatoms. The molecule has 1 amide bonds. The molecule has 2 saturated heterocycles. The summed E-state index contributed by atoms with van der Waals surface area (Å²) in [5.41, 5.74) is 1.41. The van der Waals surface area contributed by atoms with E-state index in [-0.39, 0.29) is 0 Å². The topological polar surface area (TPSA) is 23.6 Å². The first kappa shape index (κ1) is 14.7. The predicted octanol–water partition coefficient (Wildman–Crippen LogP) is 3.82. The lowest BCUT2D eigenvalue weighted by Crippen LogP contribution is -2.41. The quantitative estimate of drug-likeness (QED) is 0.784. The molecule has 2 aromatic rings. The van der Waals surface area contributed by atoms with Gasteiger partial charge in [-0.2, -0.15) is 0 Å². The molecule has 4 rings (SSSR count). The Balaban J connectivity index is 1.58. The Hall–Kier alpha value is -1.87. The Kier molecular flexibility index (Phi) is 3.82. The van der Waals surface area contributed by atoms with Gasteiger partial charge < -0.3 is 4.90 Å². The average molecular weight is 308 g/mol. The molecule has 0 unspecified atom stereocenters. The van der Waals surface area contributed by atoms with E-state index in [4.69, 9.17) is 0 Å². The lowest BCUT2D eigenvalue weighted by atomic mass is 9.90. The molecule has 2 aliphatic heterocycles. The fourth-order valence-electron chi connectivity index (χ4n) is 4.65. The highest BCUT2D eigenvalue weighted by atomic mass is 16.1. The number of hydrogen-bond donors (Lipinski definition) is 0. The van der Waals surface area contributed by atoms with E-state index in [9.17, 15) is 4.79 Å². The minimum Gasteiger partial charge on any atom is -0.314 e. The van der Waals surface area contributed by atoms with E-state index in [1.165, 1.54) is 44.2 Å². The average Bonchev–Trinajstić information content (AvgIpc) is 3.15. The third-order valence-electron chi connectivity index (χ3n) is 5.83. The smallest absolute Gasteiger partial charge is 0.214 e. The Bertz CT molecular complexity index is 696. The third kappa shape index (κ3) is 2.53.